The first-order valence-electron chi connectivity index (χ1n) is 8.29. The van der Waals surface area contributed by atoms with Crippen molar-refractivity contribution in [3.05, 3.63) is 64.6 Å². The zero-order valence-corrected chi connectivity index (χ0v) is 15.3. The van der Waals surface area contributed by atoms with Crippen LogP contribution in [0.1, 0.15) is 23.2 Å². The lowest BCUT2D eigenvalue weighted by atomic mass is 10.0. The van der Waals surface area contributed by atoms with Crippen LogP contribution in [-0.2, 0) is 0 Å². The fourth-order valence-electron chi connectivity index (χ4n) is 2.82. The second kappa shape index (κ2) is 8.16. The summed E-state index contributed by atoms with van der Waals surface area (Å²) >= 11 is 3.36. The van der Waals surface area contributed by atoms with E-state index in [1.54, 1.807) is 17.0 Å². The van der Waals surface area contributed by atoms with Gasteiger partial charge in [0.2, 0.25) is 0 Å². The first-order valence-corrected chi connectivity index (χ1v) is 9.08. The summed E-state index contributed by atoms with van der Waals surface area (Å²) in [5.74, 6) is -0.0697. The van der Waals surface area contributed by atoms with E-state index in [1.165, 1.54) is 0 Å². The van der Waals surface area contributed by atoms with Gasteiger partial charge in [0.05, 0.1) is 0 Å². The molecule has 130 valence electrons. The van der Waals surface area contributed by atoms with Crippen LogP contribution in [0.4, 0.5) is 10.5 Å². The van der Waals surface area contributed by atoms with Gasteiger partial charge in [-0.1, -0.05) is 34.1 Å². The summed E-state index contributed by atoms with van der Waals surface area (Å²) in [6, 6.07) is 16.7. The van der Waals surface area contributed by atoms with Gasteiger partial charge < -0.3 is 15.5 Å². The molecule has 1 aliphatic heterocycles. The van der Waals surface area contributed by atoms with Crippen LogP contribution in [0.5, 0.6) is 0 Å². The Morgan fingerprint density at radius 2 is 1.60 bits per heavy atom. The van der Waals surface area contributed by atoms with Gasteiger partial charge in [-0.25, -0.2) is 4.79 Å². The normalized spacial score (nSPS) is 14.8. The summed E-state index contributed by atoms with van der Waals surface area (Å²) < 4.78 is 0.946. The van der Waals surface area contributed by atoms with Crippen molar-refractivity contribution in [2.75, 3.05) is 18.4 Å². The number of amides is 3. The zero-order chi connectivity index (χ0) is 17.6. The SMILES string of the molecule is O=C(NC1CCN(C(=O)Nc2ccccc2)CC1)c1ccc(Br)cc1. The van der Waals surface area contributed by atoms with Crippen molar-refractivity contribution in [2.45, 2.75) is 18.9 Å². The van der Waals surface area contributed by atoms with Crippen molar-refractivity contribution in [1.82, 2.24) is 10.2 Å². The molecule has 5 nitrogen and oxygen atoms in total. The number of nitrogens with zero attached hydrogens (tertiary/aromatic N) is 1. The van der Waals surface area contributed by atoms with Crippen molar-refractivity contribution in [3.63, 3.8) is 0 Å². The molecule has 1 fully saturated rings. The molecule has 2 aromatic carbocycles. The van der Waals surface area contributed by atoms with E-state index >= 15 is 0 Å². The number of piperidine rings is 1. The van der Waals surface area contributed by atoms with Gasteiger partial charge in [0.25, 0.3) is 5.91 Å². The Balaban J connectivity index is 1.47. The highest BCUT2D eigenvalue weighted by atomic mass is 79.9. The molecular weight excluding hydrogens is 382 g/mol. The van der Waals surface area contributed by atoms with Gasteiger partial charge in [-0.2, -0.15) is 0 Å². The molecule has 1 saturated heterocycles. The van der Waals surface area contributed by atoms with Crippen molar-refractivity contribution in [3.8, 4) is 0 Å². The maximum absolute atomic E-state index is 12.3. The summed E-state index contributed by atoms with van der Waals surface area (Å²) in [4.78, 5) is 26.3. The predicted octanol–water partition coefficient (Wildman–Crippen LogP) is 3.88. The summed E-state index contributed by atoms with van der Waals surface area (Å²) in [5.41, 5.74) is 1.44. The van der Waals surface area contributed by atoms with Gasteiger partial charge in [0.1, 0.15) is 0 Å². The highest BCUT2D eigenvalue weighted by molar-refractivity contribution is 9.10. The van der Waals surface area contributed by atoms with Crippen molar-refractivity contribution < 1.29 is 9.59 Å². The van der Waals surface area contributed by atoms with Gasteiger partial charge in [-0.15, -0.1) is 0 Å². The van der Waals surface area contributed by atoms with Crippen LogP contribution < -0.4 is 10.6 Å². The van der Waals surface area contributed by atoms with Crippen LogP contribution in [0.15, 0.2) is 59.1 Å². The van der Waals surface area contributed by atoms with Crippen molar-refractivity contribution in [2.24, 2.45) is 0 Å². The molecule has 25 heavy (non-hydrogen) atoms. The number of carbonyl (C=O) groups is 2. The van der Waals surface area contributed by atoms with Gasteiger partial charge in [-0.05, 0) is 49.2 Å². The minimum Gasteiger partial charge on any atom is -0.349 e. The number of anilines is 1. The first kappa shape index (κ1) is 17.5. The smallest absolute Gasteiger partial charge is 0.321 e. The quantitative estimate of drug-likeness (QED) is 0.819. The van der Waals surface area contributed by atoms with Crippen LogP contribution in [0.25, 0.3) is 0 Å². The summed E-state index contributed by atoms with van der Waals surface area (Å²) in [6.45, 7) is 1.26. The van der Waals surface area contributed by atoms with E-state index in [0.717, 1.165) is 23.0 Å². The number of urea groups is 1. The number of hydrogen-bond acceptors (Lipinski definition) is 2. The molecule has 0 unspecified atom stereocenters. The van der Waals surface area contributed by atoms with E-state index in [2.05, 4.69) is 26.6 Å². The molecular formula is C19H20BrN3O2. The fourth-order valence-corrected chi connectivity index (χ4v) is 3.09. The van der Waals surface area contributed by atoms with Crippen LogP contribution >= 0.6 is 15.9 Å². The van der Waals surface area contributed by atoms with Gasteiger partial charge >= 0.3 is 6.03 Å². The third-order valence-corrected chi connectivity index (χ3v) is 4.78. The van der Waals surface area contributed by atoms with E-state index in [0.29, 0.717) is 18.7 Å². The molecule has 3 amide bonds. The van der Waals surface area contributed by atoms with Gasteiger partial charge in [-0.3, -0.25) is 4.79 Å². The second-order valence-electron chi connectivity index (χ2n) is 6.04. The Morgan fingerprint density at radius 1 is 0.960 bits per heavy atom. The third-order valence-electron chi connectivity index (χ3n) is 4.25. The second-order valence-corrected chi connectivity index (χ2v) is 6.95. The lowest BCUT2D eigenvalue weighted by molar-refractivity contribution is 0.0919. The molecule has 0 saturated carbocycles. The van der Waals surface area contributed by atoms with Gasteiger partial charge in [0.15, 0.2) is 0 Å². The van der Waals surface area contributed by atoms with E-state index in [-0.39, 0.29) is 18.0 Å². The summed E-state index contributed by atoms with van der Waals surface area (Å²) in [7, 11) is 0. The number of carbonyl (C=O) groups excluding carboxylic acids is 2. The zero-order valence-electron chi connectivity index (χ0n) is 13.7. The van der Waals surface area contributed by atoms with E-state index < -0.39 is 0 Å². The number of likely N-dealkylation sites (tertiary alicyclic amines) is 1. The Morgan fingerprint density at radius 3 is 2.24 bits per heavy atom. The minimum absolute atomic E-state index is 0.0697. The minimum atomic E-state index is -0.0936. The fraction of sp³-hybridized carbons (Fsp3) is 0.263. The Labute approximate surface area is 155 Å². The highest BCUT2D eigenvalue weighted by Gasteiger charge is 2.24. The Hall–Kier alpha value is -2.34. The molecule has 2 N–H and O–H groups in total. The van der Waals surface area contributed by atoms with E-state index in [9.17, 15) is 9.59 Å². The molecule has 0 atom stereocenters. The molecule has 0 aliphatic carbocycles. The van der Waals surface area contributed by atoms with E-state index in [4.69, 9.17) is 0 Å². The number of benzene rings is 2. The van der Waals surface area contributed by atoms with Crippen LogP contribution in [0.3, 0.4) is 0 Å². The topological polar surface area (TPSA) is 61.4 Å². The number of halogens is 1. The molecule has 0 radical (unpaired) electrons. The predicted molar refractivity (Wildman–Crippen MR) is 102 cm³/mol. The number of rotatable bonds is 3. The van der Waals surface area contributed by atoms with E-state index in [1.807, 2.05) is 42.5 Å². The highest BCUT2D eigenvalue weighted by Crippen LogP contribution is 2.15. The first-order chi connectivity index (χ1) is 12.1. The largest absolute Gasteiger partial charge is 0.349 e. The number of para-hydroxylation sites is 1. The van der Waals surface area contributed by atoms with Crippen LogP contribution in [-0.4, -0.2) is 36.0 Å². The maximum Gasteiger partial charge on any atom is 0.321 e. The average molecular weight is 402 g/mol. The third kappa shape index (κ3) is 4.82. The molecule has 1 aliphatic rings. The summed E-state index contributed by atoms with van der Waals surface area (Å²) in [5, 5.41) is 5.94. The molecule has 6 heteroatoms. The number of nitrogens with one attached hydrogen (secondary N) is 2. The molecule has 0 bridgehead atoms. The standard InChI is InChI=1S/C19H20BrN3O2/c20-15-8-6-14(7-9-15)18(24)21-17-10-12-23(13-11-17)19(25)22-16-4-2-1-3-5-16/h1-9,17H,10-13H2,(H,21,24)(H,22,25). The van der Waals surface area contributed by atoms with Crippen LogP contribution in [0.2, 0.25) is 0 Å². The molecule has 1 heterocycles. The number of hydrogen-bond donors (Lipinski definition) is 2. The lowest BCUT2D eigenvalue weighted by Crippen LogP contribution is -2.47. The summed E-state index contributed by atoms with van der Waals surface area (Å²) in [6.07, 6.45) is 1.51. The van der Waals surface area contributed by atoms with Crippen molar-refractivity contribution >= 4 is 33.6 Å². The molecule has 3 rings (SSSR count). The molecule has 0 aromatic heterocycles. The lowest BCUT2D eigenvalue weighted by Gasteiger charge is -2.32. The Kier molecular flexibility index (Phi) is 5.71. The molecule has 0 spiro atoms. The molecule has 2 aromatic rings. The average Bonchev–Trinajstić information content (AvgIpc) is 2.63. The maximum atomic E-state index is 12.3. The Bertz CT molecular complexity index is 726. The van der Waals surface area contributed by atoms with Gasteiger partial charge in [0, 0.05) is 34.9 Å². The monoisotopic (exact) mass is 401 g/mol. The van der Waals surface area contributed by atoms with Crippen molar-refractivity contribution in [1.29, 1.82) is 0 Å². The van der Waals surface area contributed by atoms with Crippen LogP contribution in [0, 0.1) is 0 Å².